The number of urea groups is 1. The van der Waals surface area contributed by atoms with Crippen LogP contribution in [-0.4, -0.2) is 50.8 Å². The van der Waals surface area contributed by atoms with E-state index < -0.39 is 10.2 Å². The van der Waals surface area contributed by atoms with Gasteiger partial charge in [0.25, 0.3) is 0 Å². The fraction of sp³-hybridized carbons (Fsp3) is 0.467. The second-order valence-corrected chi connectivity index (χ2v) is 7.70. The summed E-state index contributed by atoms with van der Waals surface area (Å²) >= 11 is 0. The van der Waals surface area contributed by atoms with Crippen molar-refractivity contribution in [2.75, 3.05) is 37.2 Å². The number of nitrogens with zero attached hydrogens (tertiary/aromatic N) is 3. The van der Waals surface area contributed by atoms with Crippen LogP contribution in [0.3, 0.4) is 0 Å². The van der Waals surface area contributed by atoms with Gasteiger partial charge in [0.1, 0.15) is 0 Å². The van der Waals surface area contributed by atoms with E-state index >= 15 is 0 Å². The Morgan fingerprint density at radius 3 is 2.75 bits per heavy atom. The van der Waals surface area contributed by atoms with Crippen LogP contribution in [0, 0.1) is 17.2 Å². The van der Waals surface area contributed by atoms with Gasteiger partial charge in [-0.05, 0) is 31.0 Å². The van der Waals surface area contributed by atoms with Crippen molar-refractivity contribution in [3.63, 3.8) is 0 Å². The van der Waals surface area contributed by atoms with Crippen LogP contribution in [0.1, 0.15) is 12.8 Å². The molecule has 2 rings (SSSR count). The molecule has 9 heteroatoms. The molecule has 0 aromatic heterocycles. The molecule has 2 N–H and O–H groups in total. The first kappa shape index (κ1) is 18.0. The first-order valence-electron chi connectivity index (χ1n) is 7.57. The number of amides is 2. The molecule has 1 aromatic rings. The Morgan fingerprint density at radius 2 is 2.08 bits per heavy atom. The fourth-order valence-corrected chi connectivity index (χ4v) is 2.98. The minimum Gasteiger partial charge on any atom is -0.323 e. The summed E-state index contributed by atoms with van der Waals surface area (Å²) in [5, 5.41) is 11.7. The number of rotatable bonds is 4. The van der Waals surface area contributed by atoms with Gasteiger partial charge in [-0.3, -0.25) is 4.72 Å². The lowest BCUT2D eigenvalue weighted by molar-refractivity contribution is 0.189. The van der Waals surface area contributed by atoms with Crippen molar-refractivity contribution in [1.29, 1.82) is 5.26 Å². The highest BCUT2D eigenvalue weighted by Crippen LogP contribution is 2.19. The van der Waals surface area contributed by atoms with Crippen molar-refractivity contribution in [2.45, 2.75) is 12.8 Å². The lowest BCUT2D eigenvalue weighted by Crippen LogP contribution is -2.42. The van der Waals surface area contributed by atoms with Gasteiger partial charge in [0.2, 0.25) is 0 Å². The number of piperidine rings is 1. The predicted octanol–water partition coefficient (Wildman–Crippen LogP) is 1.67. The van der Waals surface area contributed by atoms with E-state index in [4.69, 9.17) is 5.26 Å². The highest BCUT2D eigenvalue weighted by Gasteiger charge is 2.23. The molecule has 1 saturated heterocycles. The third-order valence-corrected chi connectivity index (χ3v) is 5.19. The van der Waals surface area contributed by atoms with Crippen molar-refractivity contribution in [2.24, 2.45) is 5.92 Å². The summed E-state index contributed by atoms with van der Waals surface area (Å²) < 4.78 is 27.2. The summed E-state index contributed by atoms with van der Waals surface area (Å²) in [6.45, 7) is 1.02. The minimum absolute atomic E-state index is 0.136. The average molecular weight is 351 g/mol. The van der Waals surface area contributed by atoms with Crippen molar-refractivity contribution >= 4 is 27.6 Å². The molecule has 2 amide bonds. The SMILES string of the molecule is CN(C)S(=O)(=O)Nc1cccc(NC(=O)N2CCCC(C#N)C2)c1. The van der Waals surface area contributed by atoms with E-state index in [1.807, 2.05) is 0 Å². The molecule has 1 aromatic carbocycles. The molecular weight excluding hydrogens is 330 g/mol. The molecule has 0 spiro atoms. The number of hydrogen-bond donors (Lipinski definition) is 2. The fourth-order valence-electron chi connectivity index (χ4n) is 2.37. The van der Waals surface area contributed by atoms with E-state index in [1.54, 1.807) is 29.2 Å². The number of benzene rings is 1. The minimum atomic E-state index is -3.60. The third kappa shape index (κ3) is 4.59. The van der Waals surface area contributed by atoms with Gasteiger partial charge < -0.3 is 10.2 Å². The number of likely N-dealkylation sites (tertiary alicyclic amines) is 1. The van der Waals surface area contributed by atoms with Crippen LogP contribution in [0.5, 0.6) is 0 Å². The summed E-state index contributed by atoms with van der Waals surface area (Å²) in [4.78, 5) is 13.9. The Kier molecular flexibility index (Phi) is 5.64. The smallest absolute Gasteiger partial charge is 0.321 e. The zero-order valence-corrected chi connectivity index (χ0v) is 14.5. The molecule has 1 aliphatic heterocycles. The number of carbonyl (C=O) groups is 1. The largest absolute Gasteiger partial charge is 0.323 e. The molecule has 0 saturated carbocycles. The monoisotopic (exact) mass is 351 g/mol. The normalized spacial score (nSPS) is 18.1. The second-order valence-electron chi connectivity index (χ2n) is 5.81. The highest BCUT2D eigenvalue weighted by molar-refractivity contribution is 7.90. The number of carbonyl (C=O) groups excluding carboxylic acids is 1. The Hall–Kier alpha value is -2.31. The Morgan fingerprint density at radius 1 is 1.38 bits per heavy atom. The van der Waals surface area contributed by atoms with Crippen molar-refractivity contribution in [3.05, 3.63) is 24.3 Å². The number of nitrogens with one attached hydrogen (secondary N) is 2. The van der Waals surface area contributed by atoms with Gasteiger partial charge in [-0.15, -0.1) is 0 Å². The van der Waals surface area contributed by atoms with Gasteiger partial charge in [-0.1, -0.05) is 6.07 Å². The lowest BCUT2D eigenvalue weighted by atomic mass is 10.0. The van der Waals surface area contributed by atoms with Gasteiger partial charge in [-0.25, -0.2) is 4.79 Å². The van der Waals surface area contributed by atoms with Gasteiger partial charge in [0.05, 0.1) is 17.7 Å². The number of hydrogen-bond acceptors (Lipinski definition) is 4. The maximum atomic E-state index is 12.3. The zero-order valence-electron chi connectivity index (χ0n) is 13.7. The molecule has 24 heavy (non-hydrogen) atoms. The first-order valence-corrected chi connectivity index (χ1v) is 9.01. The van der Waals surface area contributed by atoms with E-state index in [1.165, 1.54) is 14.1 Å². The second kappa shape index (κ2) is 7.51. The molecule has 130 valence electrons. The van der Waals surface area contributed by atoms with E-state index in [-0.39, 0.29) is 11.9 Å². The zero-order chi connectivity index (χ0) is 17.7. The van der Waals surface area contributed by atoms with E-state index in [9.17, 15) is 13.2 Å². The van der Waals surface area contributed by atoms with Crippen LogP contribution in [0.4, 0.5) is 16.2 Å². The van der Waals surface area contributed by atoms with Crippen LogP contribution < -0.4 is 10.0 Å². The molecule has 8 nitrogen and oxygen atoms in total. The third-order valence-electron chi connectivity index (χ3n) is 3.73. The summed E-state index contributed by atoms with van der Waals surface area (Å²) in [5.41, 5.74) is 0.841. The van der Waals surface area contributed by atoms with Crippen LogP contribution in [0.25, 0.3) is 0 Å². The first-order chi connectivity index (χ1) is 11.3. The Labute approximate surface area is 142 Å². The van der Waals surface area contributed by atoms with Crippen molar-refractivity contribution < 1.29 is 13.2 Å². The Balaban J connectivity index is 2.04. The summed E-state index contributed by atoms with van der Waals surface area (Å²) in [6.07, 6.45) is 1.61. The van der Waals surface area contributed by atoms with E-state index in [2.05, 4.69) is 16.1 Å². The van der Waals surface area contributed by atoms with Crippen LogP contribution in [-0.2, 0) is 10.2 Å². The van der Waals surface area contributed by atoms with Gasteiger partial charge in [0.15, 0.2) is 0 Å². The molecule has 0 aliphatic carbocycles. The van der Waals surface area contributed by atoms with Crippen LogP contribution in [0.15, 0.2) is 24.3 Å². The quantitative estimate of drug-likeness (QED) is 0.860. The topological polar surface area (TPSA) is 106 Å². The molecule has 1 aliphatic rings. The molecule has 1 atom stereocenters. The predicted molar refractivity (Wildman–Crippen MR) is 91.6 cm³/mol. The average Bonchev–Trinajstić information content (AvgIpc) is 2.54. The summed E-state index contributed by atoms with van der Waals surface area (Å²) in [5.74, 6) is -0.136. The molecular formula is C15H21N5O3S. The molecule has 1 fully saturated rings. The van der Waals surface area contributed by atoms with Crippen LogP contribution in [0.2, 0.25) is 0 Å². The Bertz CT molecular complexity index is 742. The lowest BCUT2D eigenvalue weighted by Gasteiger charge is -2.29. The highest BCUT2D eigenvalue weighted by atomic mass is 32.2. The number of nitriles is 1. The number of anilines is 2. The summed E-state index contributed by atoms with van der Waals surface area (Å²) in [7, 11) is -0.750. The van der Waals surface area contributed by atoms with Gasteiger partial charge in [0, 0.05) is 32.9 Å². The van der Waals surface area contributed by atoms with Crippen LogP contribution >= 0.6 is 0 Å². The standard InChI is InChI=1S/C15H21N5O3S/c1-19(2)24(22,23)18-14-7-3-6-13(9-14)17-15(21)20-8-4-5-12(10-16)11-20/h3,6-7,9,12,18H,4-5,8,11H2,1-2H3,(H,17,21). The van der Waals surface area contributed by atoms with E-state index in [0.29, 0.717) is 24.5 Å². The van der Waals surface area contributed by atoms with Crippen molar-refractivity contribution in [3.8, 4) is 6.07 Å². The molecule has 0 radical (unpaired) electrons. The maximum Gasteiger partial charge on any atom is 0.321 e. The molecule has 1 heterocycles. The van der Waals surface area contributed by atoms with Gasteiger partial charge >= 0.3 is 16.2 Å². The molecule has 0 bridgehead atoms. The van der Waals surface area contributed by atoms with E-state index in [0.717, 1.165) is 17.1 Å². The van der Waals surface area contributed by atoms with Crippen molar-refractivity contribution in [1.82, 2.24) is 9.21 Å². The van der Waals surface area contributed by atoms with Gasteiger partial charge in [-0.2, -0.15) is 18.0 Å². The maximum absolute atomic E-state index is 12.3. The summed E-state index contributed by atoms with van der Waals surface area (Å²) in [6, 6.07) is 8.38. The molecule has 1 unspecified atom stereocenters.